The van der Waals surface area contributed by atoms with Crippen LogP contribution in [-0.4, -0.2) is 60.8 Å². The molecule has 1 aliphatic rings. The maximum Gasteiger partial charge on any atom is 0.153 e. The average Bonchev–Trinajstić information content (AvgIpc) is 2.81. The lowest BCUT2D eigenvalue weighted by atomic mass is 10.2. The van der Waals surface area contributed by atoms with E-state index < -0.39 is 0 Å². The Hall–Kier alpha value is -3.03. The van der Waals surface area contributed by atoms with Crippen molar-refractivity contribution in [2.45, 2.75) is 0 Å². The molecule has 0 amide bonds. The molecule has 1 fully saturated rings. The molecule has 0 aromatic heterocycles. The normalized spacial score (nSPS) is 14.1. The number of benzene rings is 2. The van der Waals surface area contributed by atoms with Gasteiger partial charge in [-0.3, -0.25) is 5.01 Å². The van der Waals surface area contributed by atoms with E-state index in [2.05, 4.69) is 46.2 Å². The highest BCUT2D eigenvalue weighted by molar-refractivity contribution is 5.85. The summed E-state index contributed by atoms with van der Waals surface area (Å²) >= 11 is 0. The van der Waals surface area contributed by atoms with E-state index in [0.717, 1.165) is 60.5 Å². The number of ether oxygens (including phenoxy) is 2. The van der Waals surface area contributed by atoms with Crippen molar-refractivity contribution in [2.24, 2.45) is 5.10 Å². The lowest BCUT2D eigenvalue weighted by Crippen LogP contribution is -2.73. The number of hydrogen-bond acceptors (Lipinski definition) is 6. The Morgan fingerprint density at radius 1 is 1.17 bits per heavy atom. The maximum atomic E-state index is 5.64. The first-order chi connectivity index (χ1) is 14.5. The molecule has 1 aliphatic heterocycles. The first-order valence-electron chi connectivity index (χ1n) is 10.1. The van der Waals surface area contributed by atoms with E-state index in [1.165, 1.54) is 0 Å². The Morgan fingerprint density at radius 3 is 2.60 bits per heavy atom. The van der Waals surface area contributed by atoms with Crippen LogP contribution in [0, 0.1) is 0 Å². The molecule has 0 radical (unpaired) electrons. The molecule has 1 saturated heterocycles. The summed E-state index contributed by atoms with van der Waals surface area (Å²) in [5.74, 6) is 0.781. The molecule has 160 valence electrons. The van der Waals surface area contributed by atoms with E-state index in [-0.39, 0.29) is 0 Å². The fraction of sp³-hybridized carbons (Fsp3) is 0.348. The number of para-hydroxylation sites is 2. The summed E-state index contributed by atoms with van der Waals surface area (Å²) in [7, 11) is 7.62. The van der Waals surface area contributed by atoms with E-state index in [9.17, 15) is 0 Å². The number of quaternary nitrogens is 1. The SMILES string of the molecule is C=C(/C=N/N(C)c1ccc(N2CCOCC2)cc1OC)N(C)c1ccccc1[NH2+]C. The highest BCUT2D eigenvalue weighted by Gasteiger charge is 2.15. The van der Waals surface area contributed by atoms with Crippen molar-refractivity contribution in [1.82, 2.24) is 0 Å². The molecule has 0 aliphatic carbocycles. The van der Waals surface area contributed by atoms with Gasteiger partial charge in [0.15, 0.2) is 5.69 Å². The number of nitrogens with two attached hydrogens (primary N) is 1. The molecule has 2 N–H and O–H groups in total. The third-order valence-electron chi connectivity index (χ3n) is 5.31. The number of methoxy groups -OCH3 is 1. The summed E-state index contributed by atoms with van der Waals surface area (Å²) in [5.41, 5.74) is 5.06. The van der Waals surface area contributed by atoms with Crippen molar-refractivity contribution in [3.05, 3.63) is 54.7 Å². The predicted octanol–water partition coefficient (Wildman–Crippen LogP) is 2.43. The van der Waals surface area contributed by atoms with Gasteiger partial charge in [0.2, 0.25) is 0 Å². The van der Waals surface area contributed by atoms with Crippen molar-refractivity contribution in [3.8, 4) is 5.75 Å². The Bertz CT molecular complexity index is 893. The summed E-state index contributed by atoms with van der Waals surface area (Å²) < 4.78 is 11.1. The quantitative estimate of drug-likeness (QED) is 0.412. The highest BCUT2D eigenvalue weighted by atomic mass is 16.5. The molecule has 2 aromatic rings. The van der Waals surface area contributed by atoms with Crippen LogP contribution >= 0.6 is 0 Å². The molecule has 0 saturated carbocycles. The fourth-order valence-corrected chi connectivity index (χ4v) is 3.45. The van der Waals surface area contributed by atoms with Crippen LogP contribution in [0.15, 0.2) is 59.8 Å². The average molecular weight is 411 g/mol. The zero-order valence-electron chi connectivity index (χ0n) is 18.3. The Kier molecular flexibility index (Phi) is 7.32. The number of rotatable bonds is 8. The second-order valence-corrected chi connectivity index (χ2v) is 7.12. The van der Waals surface area contributed by atoms with E-state index in [1.54, 1.807) is 18.3 Å². The van der Waals surface area contributed by atoms with Crippen molar-refractivity contribution in [1.29, 1.82) is 0 Å². The van der Waals surface area contributed by atoms with E-state index in [0.29, 0.717) is 0 Å². The zero-order valence-corrected chi connectivity index (χ0v) is 18.3. The van der Waals surface area contributed by atoms with Crippen LogP contribution in [0.4, 0.5) is 22.7 Å². The summed E-state index contributed by atoms with van der Waals surface area (Å²) in [5, 5.41) is 8.48. The number of hydrogen-bond donors (Lipinski definition) is 1. The minimum Gasteiger partial charge on any atom is -0.494 e. The van der Waals surface area contributed by atoms with Gasteiger partial charge in [-0.15, -0.1) is 0 Å². The molecular formula is C23H32N5O2+. The first kappa shape index (κ1) is 21.7. The maximum absolute atomic E-state index is 5.64. The van der Waals surface area contributed by atoms with Crippen molar-refractivity contribution in [3.63, 3.8) is 0 Å². The number of morpholine rings is 1. The monoisotopic (exact) mass is 410 g/mol. The molecule has 0 atom stereocenters. The number of allylic oxidation sites excluding steroid dienone is 1. The van der Waals surface area contributed by atoms with Crippen molar-refractivity contribution < 1.29 is 14.8 Å². The standard InChI is InChI=1S/C23H31N5O2/c1-18(26(3)21-9-7-6-8-20(21)24-2)17-25-27(4)22-11-10-19(16-23(22)29-5)28-12-14-30-15-13-28/h6-11,16-17,24H,1,12-15H2,2-5H3/p+1/b25-17+. The summed E-state index contributed by atoms with van der Waals surface area (Å²) in [6, 6.07) is 14.4. The van der Waals surface area contributed by atoms with Gasteiger partial charge in [0.05, 0.1) is 39.3 Å². The van der Waals surface area contributed by atoms with Crippen LogP contribution in [0.3, 0.4) is 0 Å². The van der Waals surface area contributed by atoms with Crippen LogP contribution in [0.5, 0.6) is 5.75 Å². The summed E-state index contributed by atoms with van der Waals surface area (Å²) in [6.07, 6.45) is 1.77. The molecule has 3 rings (SSSR count). The van der Waals surface area contributed by atoms with Crippen LogP contribution in [-0.2, 0) is 4.74 Å². The van der Waals surface area contributed by atoms with Gasteiger partial charge in [0, 0.05) is 45.0 Å². The van der Waals surface area contributed by atoms with Gasteiger partial charge in [0.25, 0.3) is 0 Å². The fourth-order valence-electron chi connectivity index (χ4n) is 3.45. The minimum absolute atomic E-state index is 0.753. The Balaban J connectivity index is 1.73. The molecular weight excluding hydrogens is 378 g/mol. The highest BCUT2D eigenvalue weighted by Crippen LogP contribution is 2.32. The molecule has 0 spiro atoms. The molecule has 0 unspecified atom stereocenters. The lowest BCUT2D eigenvalue weighted by Gasteiger charge is -2.29. The van der Waals surface area contributed by atoms with Crippen molar-refractivity contribution >= 4 is 29.0 Å². The molecule has 1 heterocycles. The van der Waals surface area contributed by atoms with Gasteiger partial charge in [-0.2, -0.15) is 5.10 Å². The van der Waals surface area contributed by atoms with Gasteiger partial charge >= 0.3 is 0 Å². The third kappa shape index (κ3) is 4.93. The lowest BCUT2D eigenvalue weighted by molar-refractivity contribution is -0.538. The van der Waals surface area contributed by atoms with E-state index >= 15 is 0 Å². The molecule has 2 aromatic carbocycles. The van der Waals surface area contributed by atoms with Crippen molar-refractivity contribution in [2.75, 3.05) is 69.4 Å². The topological polar surface area (TPSA) is 57.1 Å². The van der Waals surface area contributed by atoms with Crippen LogP contribution < -0.4 is 24.9 Å². The number of nitrogens with zero attached hydrogens (tertiary/aromatic N) is 4. The number of anilines is 3. The van der Waals surface area contributed by atoms with Gasteiger partial charge in [-0.1, -0.05) is 18.7 Å². The predicted molar refractivity (Wildman–Crippen MR) is 124 cm³/mol. The van der Waals surface area contributed by atoms with Gasteiger partial charge < -0.3 is 24.6 Å². The second kappa shape index (κ2) is 10.1. The Labute approximate surface area is 179 Å². The summed E-state index contributed by atoms with van der Waals surface area (Å²) in [6.45, 7) is 7.46. The van der Waals surface area contributed by atoms with Crippen LogP contribution in [0.2, 0.25) is 0 Å². The molecule has 30 heavy (non-hydrogen) atoms. The first-order valence-corrected chi connectivity index (χ1v) is 10.1. The Morgan fingerprint density at radius 2 is 1.90 bits per heavy atom. The molecule has 7 nitrogen and oxygen atoms in total. The van der Waals surface area contributed by atoms with Gasteiger partial charge in [-0.25, -0.2) is 0 Å². The van der Waals surface area contributed by atoms with Crippen LogP contribution in [0.1, 0.15) is 0 Å². The smallest absolute Gasteiger partial charge is 0.153 e. The van der Waals surface area contributed by atoms with E-state index in [4.69, 9.17) is 9.47 Å². The van der Waals surface area contributed by atoms with Crippen LogP contribution in [0.25, 0.3) is 0 Å². The van der Waals surface area contributed by atoms with E-state index in [1.807, 2.05) is 44.2 Å². The second-order valence-electron chi connectivity index (χ2n) is 7.12. The zero-order chi connectivity index (χ0) is 21.5. The molecule has 7 heteroatoms. The summed E-state index contributed by atoms with van der Waals surface area (Å²) in [4.78, 5) is 4.34. The van der Waals surface area contributed by atoms with Gasteiger partial charge in [0.1, 0.15) is 17.1 Å². The number of hydrazone groups is 1. The third-order valence-corrected chi connectivity index (χ3v) is 5.31. The molecule has 0 bridgehead atoms. The largest absolute Gasteiger partial charge is 0.494 e. The minimum atomic E-state index is 0.753. The van der Waals surface area contributed by atoms with Gasteiger partial charge in [-0.05, 0) is 18.2 Å².